The smallest absolute Gasteiger partial charge is 0.333 e. The summed E-state index contributed by atoms with van der Waals surface area (Å²) in [7, 11) is 1.53. The number of carbonyl (C=O) groups excluding carboxylic acids is 3. The van der Waals surface area contributed by atoms with Gasteiger partial charge in [-0.3, -0.25) is 19.7 Å². The second-order valence-electron chi connectivity index (χ2n) is 9.80. The number of hydrogen-bond acceptors (Lipinski definition) is 10. The Kier molecular flexibility index (Phi) is 7.75. The maximum atomic E-state index is 12.3. The number of ether oxygens (including phenoxy) is 1. The van der Waals surface area contributed by atoms with Crippen molar-refractivity contribution in [2.45, 2.75) is 52.0 Å². The molecule has 0 aromatic heterocycles. The molecule has 0 unspecified atom stereocenters. The van der Waals surface area contributed by atoms with Crippen molar-refractivity contribution in [3.05, 3.63) is 58.2 Å². The van der Waals surface area contributed by atoms with Crippen LogP contribution in [0.5, 0.6) is 5.75 Å². The van der Waals surface area contributed by atoms with Crippen molar-refractivity contribution in [3.63, 3.8) is 0 Å². The lowest BCUT2D eigenvalue weighted by Crippen LogP contribution is -2.45. The van der Waals surface area contributed by atoms with E-state index in [1.807, 2.05) is 19.1 Å². The van der Waals surface area contributed by atoms with E-state index in [1.165, 1.54) is 31.4 Å². The molecule has 2 aromatic rings. The summed E-state index contributed by atoms with van der Waals surface area (Å²) in [6, 6.07) is 9.50. The van der Waals surface area contributed by atoms with Gasteiger partial charge >= 0.3 is 5.97 Å². The number of imide groups is 1. The fraction of sp³-hybridized carbons (Fsp3) is 0.370. The van der Waals surface area contributed by atoms with E-state index in [2.05, 4.69) is 35.1 Å². The SMILES string of the molecule is COc1cc2c(cc1N=Nc1ccc([N+](=O)[O-])cc1)C(C)=CC(C)(C)N2CCCC(=O)ON1C(=O)CCC1=O. The van der Waals surface area contributed by atoms with Gasteiger partial charge in [0.15, 0.2) is 0 Å². The van der Waals surface area contributed by atoms with Gasteiger partial charge in [0.05, 0.1) is 23.3 Å². The average Bonchev–Trinajstić information content (AvgIpc) is 3.20. The van der Waals surface area contributed by atoms with Gasteiger partial charge in [-0.05, 0) is 51.0 Å². The molecular weight excluding hydrogens is 506 g/mol. The standard InChI is InChI=1S/C27H29N5O7/c1-17-16-27(2,3)30(13-5-6-26(35)39-31-24(33)11-12-25(31)34)22-15-23(38-4)21(14-20(17)22)29-28-18-7-9-19(10-8-18)32(36)37/h7-10,14-16H,5-6,11-13H2,1-4H3. The Balaban J connectivity index is 1.52. The van der Waals surface area contributed by atoms with Crippen molar-refractivity contribution in [1.29, 1.82) is 0 Å². The van der Waals surface area contributed by atoms with Gasteiger partial charge < -0.3 is 14.5 Å². The van der Waals surface area contributed by atoms with Crippen molar-refractivity contribution >= 4 is 46.1 Å². The molecule has 0 atom stereocenters. The zero-order valence-electron chi connectivity index (χ0n) is 22.2. The minimum Gasteiger partial charge on any atom is -0.494 e. The normalized spacial score (nSPS) is 16.4. The molecule has 2 aliphatic heterocycles. The number of rotatable bonds is 9. The quantitative estimate of drug-likeness (QED) is 0.179. The first kappa shape index (κ1) is 27.4. The van der Waals surface area contributed by atoms with E-state index in [4.69, 9.17) is 9.57 Å². The van der Waals surface area contributed by atoms with Gasteiger partial charge in [0.2, 0.25) is 0 Å². The van der Waals surface area contributed by atoms with Crippen molar-refractivity contribution in [3.8, 4) is 5.75 Å². The molecule has 2 aliphatic rings. The molecular formula is C27H29N5O7. The van der Waals surface area contributed by atoms with Crippen LogP contribution in [0.1, 0.15) is 52.0 Å². The number of hydroxylamine groups is 2. The second kappa shape index (κ2) is 11.0. The summed E-state index contributed by atoms with van der Waals surface area (Å²) in [5.74, 6) is -1.16. The molecule has 0 radical (unpaired) electrons. The maximum Gasteiger partial charge on any atom is 0.333 e. The maximum absolute atomic E-state index is 12.3. The van der Waals surface area contributed by atoms with Crippen molar-refractivity contribution in [1.82, 2.24) is 5.06 Å². The molecule has 2 aromatic carbocycles. The molecule has 0 bridgehead atoms. The van der Waals surface area contributed by atoms with Crippen molar-refractivity contribution in [2.75, 3.05) is 18.6 Å². The summed E-state index contributed by atoms with van der Waals surface area (Å²) in [6.07, 6.45) is 2.68. The number of hydrogen-bond donors (Lipinski definition) is 0. The van der Waals surface area contributed by atoms with Crippen LogP contribution in [0.4, 0.5) is 22.7 Å². The molecule has 2 heterocycles. The van der Waals surface area contributed by atoms with Gasteiger partial charge in [-0.2, -0.15) is 5.11 Å². The van der Waals surface area contributed by atoms with E-state index in [9.17, 15) is 24.5 Å². The number of azo groups is 1. The molecule has 0 aliphatic carbocycles. The van der Waals surface area contributed by atoms with Crippen molar-refractivity contribution < 1.29 is 28.9 Å². The zero-order valence-corrected chi connectivity index (χ0v) is 22.2. The predicted octanol–water partition coefficient (Wildman–Crippen LogP) is 5.41. The lowest BCUT2D eigenvalue weighted by Gasteiger charge is -2.43. The van der Waals surface area contributed by atoms with Gasteiger partial charge in [-0.15, -0.1) is 10.2 Å². The molecule has 2 amide bonds. The van der Waals surface area contributed by atoms with E-state index in [-0.39, 0.29) is 30.5 Å². The summed E-state index contributed by atoms with van der Waals surface area (Å²) in [4.78, 5) is 53.3. The number of nitrogens with zero attached hydrogens (tertiary/aromatic N) is 5. The Hall–Kier alpha value is -4.61. The lowest BCUT2D eigenvalue weighted by atomic mass is 9.88. The fourth-order valence-electron chi connectivity index (χ4n) is 4.68. The number of allylic oxidation sites excluding steroid dienone is 1. The number of amides is 2. The van der Waals surface area contributed by atoms with Crippen LogP contribution in [-0.2, 0) is 19.2 Å². The van der Waals surface area contributed by atoms with Gasteiger partial charge in [0, 0.05) is 55.3 Å². The van der Waals surface area contributed by atoms with E-state index < -0.39 is 22.7 Å². The third kappa shape index (κ3) is 5.95. The van der Waals surface area contributed by atoms with Crippen LogP contribution in [0, 0.1) is 10.1 Å². The predicted molar refractivity (Wildman–Crippen MR) is 142 cm³/mol. The Labute approximate surface area is 225 Å². The summed E-state index contributed by atoms with van der Waals surface area (Å²) >= 11 is 0. The summed E-state index contributed by atoms with van der Waals surface area (Å²) in [5, 5.41) is 20.0. The number of fused-ring (bicyclic) bond motifs is 1. The Bertz CT molecular complexity index is 1370. The third-order valence-corrected chi connectivity index (χ3v) is 6.57. The van der Waals surface area contributed by atoms with Gasteiger partial charge in [0.25, 0.3) is 17.5 Å². The van der Waals surface area contributed by atoms with Crippen molar-refractivity contribution in [2.24, 2.45) is 10.2 Å². The number of carbonyl (C=O) groups is 3. The number of benzene rings is 2. The number of anilines is 1. The molecule has 39 heavy (non-hydrogen) atoms. The molecule has 1 fully saturated rings. The van der Waals surface area contributed by atoms with Crippen LogP contribution < -0.4 is 9.64 Å². The molecule has 0 saturated carbocycles. The fourth-order valence-corrected chi connectivity index (χ4v) is 4.68. The monoisotopic (exact) mass is 535 g/mol. The highest BCUT2D eigenvalue weighted by Gasteiger charge is 2.34. The van der Waals surface area contributed by atoms with Crippen LogP contribution in [0.15, 0.2) is 52.7 Å². The van der Waals surface area contributed by atoms with Crippen LogP contribution in [-0.4, -0.2) is 47.0 Å². The molecule has 12 nitrogen and oxygen atoms in total. The van der Waals surface area contributed by atoms with E-state index in [0.29, 0.717) is 35.2 Å². The first-order chi connectivity index (χ1) is 18.5. The highest BCUT2D eigenvalue weighted by atomic mass is 16.7. The van der Waals surface area contributed by atoms with E-state index in [0.717, 1.165) is 16.8 Å². The minimum atomic E-state index is -0.639. The number of methoxy groups -OCH3 is 1. The summed E-state index contributed by atoms with van der Waals surface area (Å²) in [6.45, 7) is 6.62. The Morgan fingerprint density at radius 2 is 1.77 bits per heavy atom. The number of nitro groups is 1. The second-order valence-corrected chi connectivity index (χ2v) is 9.80. The van der Waals surface area contributed by atoms with Gasteiger partial charge in [-0.25, -0.2) is 4.79 Å². The van der Waals surface area contributed by atoms with E-state index in [1.54, 1.807) is 0 Å². The average molecular weight is 536 g/mol. The molecule has 12 heteroatoms. The Morgan fingerprint density at radius 1 is 1.10 bits per heavy atom. The van der Waals surface area contributed by atoms with Crippen LogP contribution >= 0.6 is 0 Å². The number of nitro benzene ring substituents is 1. The summed E-state index contributed by atoms with van der Waals surface area (Å²) < 4.78 is 5.61. The molecule has 1 saturated heterocycles. The largest absolute Gasteiger partial charge is 0.494 e. The topological polar surface area (TPSA) is 144 Å². The van der Waals surface area contributed by atoms with Gasteiger partial charge in [-0.1, -0.05) is 6.08 Å². The highest BCUT2D eigenvalue weighted by molar-refractivity contribution is 6.01. The molecule has 0 spiro atoms. The molecule has 4 rings (SSSR count). The minimum absolute atomic E-state index is 0.0281. The first-order valence-electron chi connectivity index (χ1n) is 12.4. The van der Waals surface area contributed by atoms with Crippen LogP contribution in [0.2, 0.25) is 0 Å². The zero-order chi connectivity index (χ0) is 28.3. The Morgan fingerprint density at radius 3 is 2.38 bits per heavy atom. The number of non-ortho nitro benzene ring substituents is 1. The lowest BCUT2D eigenvalue weighted by molar-refractivity contribution is -0.384. The van der Waals surface area contributed by atoms with Crippen LogP contribution in [0.3, 0.4) is 0 Å². The molecule has 0 N–H and O–H groups in total. The van der Waals surface area contributed by atoms with Crippen LogP contribution in [0.25, 0.3) is 5.57 Å². The van der Waals surface area contributed by atoms with E-state index >= 15 is 0 Å². The van der Waals surface area contributed by atoms with Gasteiger partial charge in [0.1, 0.15) is 11.4 Å². The third-order valence-electron chi connectivity index (χ3n) is 6.57. The first-order valence-corrected chi connectivity index (χ1v) is 12.4. The molecule has 204 valence electrons. The highest BCUT2D eigenvalue weighted by Crippen LogP contribution is 2.45. The summed E-state index contributed by atoms with van der Waals surface area (Å²) in [5.41, 5.74) is 3.38.